The topological polar surface area (TPSA) is 58.6 Å². The minimum Gasteiger partial charge on any atom is -0.496 e. The molecule has 0 bridgehead atoms. The molecule has 4 rings (SSSR count). The number of amides is 1. The molecule has 1 amide bonds. The van der Waals surface area contributed by atoms with Crippen LogP contribution in [0.4, 0.5) is 10.2 Å². The van der Waals surface area contributed by atoms with Crippen LogP contribution >= 0.6 is 11.6 Å². The van der Waals surface area contributed by atoms with Gasteiger partial charge in [0.15, 0.2) is 5.82 Å². The van der Waals surface area contributed by atoms with Gasteiger partial charge in [-0.25, -0.2) is 4.39 Å². The summed E-state index contributed by atoms with van der Waals surface area (Å²) in [7, 11) is 1.62. The van der Waals surface area contributed by atoms with Crippen molar-refractivity contribution in [3.05, 3.63) is 71.0 Å². The molecule has 0 N–H and O–H groups in total. The maximum Gasteiger partial charge on any atom is 0.258 e. The lowest BCUT2D eigenvalue weighted by Crippen LogP contribution is -2.49. The van der Waals surface area contributed by atoms with E-state index in [2.05, 4.69) is 10.2 Å². The summed E-state index contributed by atoms with van der Waals surface area (Å²) in [5.41, 5.74) is 1.52. The van der Waals surface area contributed by atoms with Gasteiger partial charge in [-0.15, -0.1) is 10.2 Å². The second-order valence-corrected chi connectivity index (χ2v) is 7.26. The van der Waals surface area contributed by atoms with Crippen molar-refractivity contribution in [1.82, 2.24) is 15.1 Å². The standard InChI is InChI=1S/C22H20ClFN4O2/c1-30-19-8-3-2-5-15(19)18-9-10-20(26-25-18)27-11-13-28(14-12-27)22(29)21-16(23)6-4-7-17(21)24/h2-10H,11-14H2,1H3. The quantitative estimate of drug-likeness (QED) is 0.633. The minimum absolute atomic E-state index is 0.0754. The van der Waals surface area contributed by atoms with Gasteiger partial charge in [-0.1, -0.05) is 29.8 Å². The van der Waals surface area contributed by atoms with Gasteiger partial charge in [0.25, 0.3) is 5.91 Å². The average Bonchev–Trinajstić information content (AvgIpc) is 2.79. The molecule has 154 valence electrons. The van der Waals surface area contributed by atoms with E-state index in [0.717, 1.165) is 22.8 Å². The zero-order valence-electron chi connectivity index (χ0n) is 16.4. The van der Waals surface area contributed by atoms with Gasteiger partial charge in [-0.2, -0.15) is 0 Å². The first kappa shape index (κ1) is 20.1. The number of ether oxygens (including phenoxy) is 1. The number of rotatable bonds is 4. The Kier molecular flexibility index (Phi) is 5.81. The first-order valence-corrected chi connectivity index (χ1v) is 9.91. The summed E-state index contributed by atoms with van der Waals surface area (Å²) in [5.74, 6) is 0.464. The van der Waals surface area contributed by atoms with E-state index in [0.29, 0.717) is 26.2 Å². The molecule has 1 fully saturated rings. The van der Waals surface area contributed by atoms with Crippen LogP contribution < -0.4 is 9.64 Å². The molecule has 2 heterocycles. The molecule has 8 heteroatoms. The largest absolute Gasteiger partial charge is 0.496 e. The summed E-state index contributed by atoms with van der Waals surface area (Å²) in [5, 5.41) is 8.81. The zero-order valence-corrected chi connectivity index (χ0v) is 17.1. The number of hydrogen-bond acceptors (Lipinski definition) is 5. The lowest BCUT2D eigenvalue weighted by atomic mass is 10.1. The number of nitrogens with zero attached hydrogens (tertiary/aromatic N) is 4. The number of halogens is 2. The molecule has 3 aromatic rings. The highest BCUT2D eigenvalue weighted by molar-refractivity contribution is 6.33. The molecule has 6 nitrogen and oxygen atoms in total. The molecule has 1 aliphatic rings. The molecule has 1 saturated heterocycles. The monoisotopic (exact) mass is 426 g/mol. The SMILES string of the molecule is COc1ccccc1-c1ccc(N2CCN(C(=O)c3c(F)cccc3Cl)CC2)nn1. The predicted octanol–water partition coefficient (Wildman–Crippen LogP) is 3.91. The summed E-state index contributed by atoms with van der Waals surface area (Å²) in [6.45, 7) is 2.03. The van der Waals surface area contributed by atoms with Crippen LogP contribution in [0.25, 0.3) is 11.3 Å². The van der Waals surface area contributed by atoms with Crippen LogP contribution in [-0.4, -0.2) is 54.3 Å². The van der Waals surface area contributed by atoms with Crippen LogP contribution in [-0.2, 0) is 0 Å². The molecule has 1 aromatic heterocycles. The number of benzene rings is 2. The van der Waals surface area contributed by atoms with Crippen molar-refractivity contribution in [2.45, 2.75) is 0 Å². The van der Waals surface area contributed by atoms with Gasteiger partial charge in [-0.3, -0.25) is 4.79 Å². The van der Waals surface area contributed by atoms with Gasteiger partial charge >= 0.3 is 0 Å². The zero-order chi connectivity index (χ0) is 21.1. The third-order valence-corrected chi connectivity index (χ3v) is 5.42. The normalized spacial score (nSPS) is 14.0. The summed E-state index contributed by atoms with van der Waals surface area (Å²) in [6.07, 6.45) is 0. The van der Waals surface area contributed by atoms with Gasteiger partial charge in [0, 0.05) is 31.7 Å². The van der Waals surface area contributed by atoms with E-state index in [4.69, 9.17) is 16.3 Å². The van der Waals surface area contributed by atoms with Crippen LogP contribution in [0.15, 0.2) is 54.6 Å². The first-order chi connectivity index (χ1) is 14.6. The van der Waals surface area contributed by atoms with E-state index < -0.39 is 11.7 Å². The van der Waals surface area contributed by atoms with Gasteiger partial charge in [0.05, 0.1) is 23.4 Å². The number of carbonyl (C=O) groups excluding carboxylic acids is 1. The number of aromatic nitrogens is 2. The lowest BCUT2D eigenvalue weighted by Gasteiger charge is -2.35. The number of methoxy groups -OCH3 is 1. The van der Waals surface area contributed by atoms with Crippen LogP contribution in [0, 0.1) is 5.82 Å². The Morgan fingerprint density at radius 2 is 1.77 bits per heavy atom. The van der Waals surface area contributed by atoms with Gasteiger partial charge in [0.1, 0.15) is 11.6 Å². The Morgan fingerprint density at radius 1 is 1.00 bits per heavy atom. The van der Waals surface area contributed by atoms with E-state index in [-0.39, 0.29) is 10.6 Å². The fourth-order valence-corrected chi connectivity index (χ4v) is 3.74. The fraction of sp³-hybridized carbons (Fsp3) is 0.227. The van der Waals surface area contributed by atoms with E-state index in [9.17, 15) is 9.18 Å². The number of carbonyl (C=O) groups is 1. The third kappa shape index (κ3) is 3.93. The molecule has 0 unspecified atom stereocenters. The highest BCUT2D eigenvalue weighted by Crippen LogP contribution is 2.28. The molecule has 30 heavy (non-hydrogen) atoms. The molecule has 0 aliphatic carbocycles. The number of anilines is 1. The molecular weight excluding hydrogens is 407 g/mol. The van der Waals surface area contributed by atoms with Crippen molar-refractivity contribution < 1.29 is 13.9 Å². The lowest BCUT2D eigenvalue weighted by molar-refractivity contribution is 0.0742. The molecular formula is C22H20ClFN4O2. The Balaban J connectivity index is 1.44. The second kappa shape index (κ2) is 8.67. The van der Waals surface area contributed by atoms with Crippen molar-refractivity contribution in [2.24, 2.45) is 0 Å². The van der Waals surface area contributed by atoms with E-state index in [1.54, 1.807) is 12.0 Å². The Morgan fingerprint density at radius 3 is 2.43 bits per heavy atom. The van der Waals surface area contributed by atoms with Crippen molar-refractivity contribution in [3.63, 3.8) is 0 Å². The van der Waals surface area contributed by atoms with E-state index in [1.165, 1.54) is 18.2 Å². The van der Waals surface area contributed by atoms with E-state index >= 15 is 0 Å². The third-order valence-electron chi connectivity index (χ3n) is 5.10. The highest BCUT2D eigenvalue weighted by Gasteiger charge is 2.26. The summed E-state index contributed by atoms with van der Waals surface area (Å²) < 4.78 is 19.4. The van der Waals surface area contributed by atoms with Gasteiger partial charge < -0.3 is 14.5 Å². The van der Waals surface area contributed by atoms with Crippen LogP contribution in [0.2, 0.25) is 5.02 Å². The van der Waals surface area contributed by atoms with Gasteiger partial charge in [-0.05, 0) is 36.4 Å². The van der Waals surface area contributed by atoms with Crippen molar-refractivity contribution in [3.8, 4) is 17.0 Å². The minimum atomic E-state index is -0.604. The summed E-state index contributed by atoms with van der Waals surface area (Å²) in [6, 6.07) is 15.7. The molecule has 0 spiro atoms. The van der Waals surface area contributed by atoms with Crippen LogP contribution in [0.1, 0.15) is 10.4 Å². The Labute approximate surface area is 178 Å². The number of para-hydroxylation sites is 1. The van der Waals surface area contributed by atoms with Crippen LogP contribution in [0.5, 0.6) is 5.75 Å². The maximum absolute atomic E-state index is 14.1. The van der Waals surface area contributed by atoms with Crippen molar-refractivity contribution in [1.29, 1.82) is 0 Å². The Hall–Kier alpha value is -3.19. The summed E-state index contributed by atoms with van der Waals surface area (Å²) in [4.78, 5) is 16.3. The number of piperazine rings is 1. The fourth-order valence-electron chi connectivity index (χ4n) is 3.49. The molecule has 1 aliphatic heterocycles. The summed E-state index contributed by atoms with van der Waals surface area (Å²) >= 11 is 6.03. The second-order valence-electron chi connectivity index (χ2n) is 6.85. The first-order valence-electron chi connectivity index (χ1n) is 9.54. The van der Waals surface area contributed by atoms with Crippen molar-refractivity contribution in [2.75, 3.05) is 38.2 Å². The predicted molar refractivity (Wildman–Crippen MR) is 114 cm³/mol. The smallest absolute Gasteiger partial charge is 0.258 e. The average molecular weight is 427 g/mol. The maximum atomic E-state index is 14.1. The molecule has 0 atom stereocenters. The number of hydrogen-bond donors (Lipinski definition) is 0. The molecule has 2 aromatic carbocycles. The molecule has 0 saturated carbocycles. The van der Waals surface area contributed by atoms with Crippen LogP contribution in [0.3, 0.4) is 0 Å². The van der Waals surface area contributed by atoms with Gasteiger partial charge in [0.2, 0.25) is 0 Å². The molecule has 0 radical (unpaired) electrons. The highest BCUT2D eigenvalue weighted by atomic mass is 35.5. The van der Waals surface area contributed by atoms with Crippen molar-refractivity contribution >= 4 is 23.3 Å². The Bertz CT molecular complexity index is 1030. The van der Waals surface area contributed by atoms with E-state index in [1.807, 2.05) is 41.3 Å².